The minimum absolute atomic E-state index is 0. The van der Waals surface area contributed by atoms with Gasteiger partial charge in [0, 0.05) is 24.4 Å². The Morgan fingerprint density at radius 3 is 2.27 bits per heavy atom. The van der Waals surface area contributed by atoms with Crippen molar-refractivity contribution in [1.29, 1.82) is 0 Å². The fraction of sp³-hybridized carbons (Fsp3) is 0.462. The lowest BCUT2D eigenvalue weighted by Crippen LogP contribution is -2.51. The monoisotopic (exact) mass is 485 g/mol. The zero-order valence-electron chi connectivity index (χ0n) is 19.1. The molecule has 3 fully saturated rings. The molecule has 1 unspecified atom stereocenters. The number of hydrogen-bond acceptors (Lipinski definition) is 4. The number of thioether (sulfide) groups is 1. The molecule has 176 valence electrons. The minimum Gasteiger partial charge on any atom is -0.457 e. The zero-order valence-corrected chi connectivity index (χ0v) is 20.7. The Morgan fingerprint density at radius 2 is 1.64 bits per heavy atom. The summed E-state index contributed by atoms with van der Waals surface area (Å²) in [4.78, 5) is 22.4. The van der Waals surface area contributed by atoms with Crippen molar-refractivity contribution in [2.24, 2.45) is 4.99 Å². The molecule has 5 rings (SSSR count). The van der Waals surface area contributed by atoms with Gasteiger partial charge in [-0.1, -0.05) is 49.2 Å². The molecular weight excluding hydrogens is 454 g/mol. The number of amides is 1. The summed E-state index contributed by atoms with van der Waals surface area (Å²) >= 11 is 1.82. The Kier molecular flexibility index (Phi) is 7.86. The molecule has 0 N–H and O–H groups in total. The summed E-state index contributed by atoms with van der Waals surface area (Å²) in [5.41, 5.74) is 0.910. The molecule has 0 radical (unpaired) electrons. The molecule has 0 bridgehead atoms. The van der Waals surface area contributed by atoms with Gasteiger partial charge < -0.3 is 9.64 Å². The van der Waals surface area contributed by atoms with E-state index in [1.54, 1.807) is 6.92 Å². The highest BCUT2D eigenvalue weighted by atomic mass is 35.5. The molecule has 1 atom stereocenters. The van der Waals surface area contributed by atoms with E-state index in [-0.39, 0.29) is 24.5 Å². The van der Waals surface area contributed by atoms with Gasteiger partial charge in [0.15, 0.2) is 5.17 Å². The number of halogens is 1. The lowest BCUT2D eigenvalue weighted by Gasteiger charge is -2.35. The van der Waals surface area contributed by atoms with Gasteiger partial charge in [0.05, 0.1) is 6.04 Å². The first-order valence-electron chi connectivity index (χ1n) is 11.8. The van der Waals surface area contributed by atoms with E-state index in [9.17, 15) is 4.79 Å². The third-order valence-corrected chi connectivity index (χ3v) is 7.48. The summed E-state index contributed by atoms with van der Waals surface area (Å²) < 4.78 is 5.93. The minimum atomic E-state index is 0. The Hall–Kier alpha value is -2.18. The quantitative estimate of drug-likeness (QED) is 0.469. The van der Waals surface area contributed by atoms with Gasteiger partial charge in [-0.2, -0.15) is 0 Å². The van der Waals surface area contributed by atoms with Crippen molar-refractivity contribution in [2.75, 3.05) is 10.7 Å². The molecule has 2 saturated carbocycles. The normalized spacial score (nSPS) is 22.2. The summed E-state index contributed by atoms with van der Waals surface area (Å²) in [6, 6.07) is 18.6. The van der Waals surface area contributed by atoms with Crippen LogP contribution in [0.5, 0.6) is 11.5 Å². The number of aliphatic imine (C=N–C) groups is 1. The highest BCUT2D eigenvalue weighted by Gasteiger charge is 2.44. The molecule has 1 amide bonds. The van der Waals surface area contributed by atoms with E-state index in [4.69, 9.17) is 9.73 Å². The van der Waals surface area contributed by atoms with Gasteiger partial charge in [-0.25, -0.2) is 0 Å². The molecule has 2 aromatic rings. The van der Waals surface area contributed by atoms with E-state index in [1.165, 1.54) is 44.9 Å². The second-order valence-electron chi connectivity index (χ2n) is 8.93. The summed E-state index contributed by atoms with van der Waals surface area (Å²) in [7, 11) is 0. The van der Waals surface area contributed by atoms with Crippen LogP contribution in [0.2, 0.25) is 0 Å². The molecule has 5 nitrogen and oxygen atoms in total. The van der Waals surface area contributed by atoms with Gasteiger partial charge >= 0.3 is 0 Å². The number of ether oxygens (including phenoxy) is 1. The van der Waals surface area contributed by atoms with Crippen molar-refractivity contribution in [3.8, 4) is 11.5 Å². The summed E-state index contributed by atoms with van der Waals surface area (Å²) in [6.45, 7) is 1.67. The number of carbonyl (C=O) groups is 1. The number of rotatable bonds is 6. The predicted molar refractivity (Wildman–Crippen MR) is 139 cm³/mol. The number of nitrogens with zero attached hydrogens (tertiary/aromatic N) is 3. The zero-order chi connectivity index (χ0) is 21.9. The largest absolute Gasteiger partial charge is 0.457 e. The average Bonchev–Trinajstić information content (AvgIpc) is 3.57. The summed E-state index contributed by atoms with van der Waals surface area (Å²) in [5.74, 6) is 2.50. The van der Waals surface area contributed by atoms with Crippen LogP contribution in [0, 0.1) is 0 Å². The number of anilines is 1. The highest BCUT2D eigenvalue weighted by Crippen LogP contribution is 2.40. The van der Waals surface area contributed by atoms with Gasteiger partial charge in [0.1, 0.15) is 17.7 Å². The van der Waals surface area contributed by atoms with Crippen LogP contribution in [0.25, 0.3) is 0 Å². The number of benzene rings is 2. The number of para-hydroxylation sites is 1. The Balaban J connectivity index is 0.00000259. The van der Waals surface area contributed by atoms with E-state index in [1.807, 2.05) is 71.3 Å². The van der Waals surface area contributed by atoms with Crippen LogP contribution in [0.1, 0.15) is 51.9 Å². The van der Waals surface area contributed by atoms with Crippen molar-refractivity contribution >= 4 is 40.9 Å². The first-order valence-corrected chi connectivity index (χ1v) is 12.8. The third-order valence-electron chi connectivity index (χ3n) is 6.44. The highest BCUT2D eigenvalue weighted by molar-refractivity contribution is 8.14. The average molecular weight is 486 g/mol. The maximum atomic E-state index is 12.8. The Labute approximate surface area is 207 Å². The molecule has 7 heteroatoms. The van der Waals surface area contributed by atoms with E-state index >= 15 is 0 Å². The van der Waals surface area contributed by atoms with E-state index in [0.717, 1.165) is 28.1 Å². The Bertz CT molecular complexity index is 959. The van der Waals surface area contributed by atoms with Gasteiger partial charge in [0.25, 0.3) is 0 Å². The first kappa shape index (κ1) is 24.0. The fourth-order valence-corrected chi connectivity index (χ4v) is 5.97. The number of carbonyl (C=O) groups excluding carboxylic acids is 1. The van der Waals surface area contributed by atoms with Crippen molar-refractivity contribution in [3.63, 3.8) is 0 Å². The SMILES string of the molecule is CC(=O)N(c1ccc(Oc2ccccc2)cc1)C1CSC(=NC2CCCCC2)N1C1CC1.Cl. The molecule has 1 heterocycles. The van der Waals surface area contributed by atoms with E-state index in [0.29, 0.717) is 12.1 Å². The van der Waals surface area contributed by atoms with E-state index < -0.39 is 0 Å². The predicted octanol–water partition coefficient (Wildman–Crippen LogP) is 6.48. The molecule has 1 aliphatic heterocycles. The van der Waals surface area contributed by atoms with Crippen LogP contribution < -0.4 is 9.64 Å². The standard InChI is InChI=1S/C26H31N3O2S.ClH/c1-19(30)28(21-14-16-24(17-15-21)31-23-10-6-3-7-11-23)25-18-32-26(29(25)22-12-13-22)27-20-8-4-2-5-9-20;/h3,6-7,10-11,14-17,20,22,25H,2,4-5,8-9,12-13,18H2,1H3;1H. The van der Waals surface area contributed by atoms with Crippen LogP contribution in [-0.2, 0) is 4.79 Å². The van der Waals surface area contributed by atoms with Crippen molar-refractivity contribution in [1.82, 2.24) is 4.90 Å². The maximum Gasteiger partial charge on any atom is 0.225 e. The van der Waals surface area contributed by atoms with Crippen LogP contribution in [0.3, 0.4) is 0 Å². The fourth-order valence-electron chi connectivity index (χ4n) is 4.72. The molecule has 33 heavy (non-hydrogen) atoms. The van der Waals surface area contributed by atoms with Crippen LogP contribution in [0.15, 0.2) is 59.6 Å². The third kappa shape index (κ3) is 5.67. The van der Waals surface area contributed by atoms with Gasteiger partial charge in [-0.05, 0) is 62.1 Å². The summed E-state index contributed by atoms with van der Waals surface area (Å²) in [6.07, 6.45) is 8.72. The first-order chi connectivity index (χ1) is 15.7. The summed E-state index contributed by atoms with van der Waals surface area (Å²) in [5, 5.41) is 1.15. The smallest absolute Gasteiger partial charge is 0.225 e. The van der Waals surface area contributed by atoms with Crippen LogP contribution >= 0.6 is 24.2 Å². The van der Waals surface area contributed by atoms with Gasteiger partial charge in [-0.15, -0.1) is 12.4 Å². The molecule has 1 saturated heterocycles. The van der Waals surface area contributed by atoms with Crippen molar-refractivity contribution in [3.05, 3.63) is 54.6 Å². The van der Waals surface area contributed by atoms with Gasteiger partial charge in [0.2, 0.25) is 5.91 Å². The van der Waals surface area contributed by atoms with Crippen LogP contribution in [-0.4, -0.2) is 40.0 Å². The molecule has 0 spiro atoms. The molecule has 2 aromatic carbocycles. The second kappa shape index (κ2) is 10.8. The van der Waals surface area contributed by atoms with E-state index in [2.05, 4.69) is 4.90 Å². The molecule has 0 aromatic heterocycles. The maximum absolute atomic E-state index is 12.8. The number of amidine groups is 1. The van der Waals surface area contributed by atoms with Gasteiger partial charge in [-0.3, -0.25) is 14.7 Å². The van der Waals surface area contributed by atoms with Crippen molar-refractivity contribution < 1.29 is 9.53 Å². The Morgan fingerprint density at radius 1 is 0.970 bits per heavy atom. The van der Waals surface area contributed by atoms with Crippen molar-refractivity contribution in [2.45, 2.75) is 70.1 Å². The number of hydrogen-bond donors (Lipinski definition) is 0. The second-order valence-corrected chi connectivity index (χ2v) is 9.92. The molecule has 2 aliphatic carbocycles. The molecular formula is C26H32ClN3O2S. The van der Waals surface area contributed by atoms with Crippen LogP contribution in [0.4, 0.5) is 5.69 Å². The lowest BCUT2D eigenvalue weighted by atomic mass is 9.96. The molecule has 3 aliphatic rings. The topological polar surface area (TPSA) is 45.1 Å². The lowest BCUT2D eigenvalue weighted by molar-refractivity contribution is -0.117.